The number of hydrogen-bond acceptors (Lipinski definition) is 5. The normalized spacial score (nSPS) is 11.0. The molecule has 0 atom stereocenters. The Balaban J connectivity index is 2.29. The van der Waals surface area contributed by atoms with Gasteiger partial charge < -0.3 is 15.1 Å². The SMILES string of the molecule is CN(C)c1ccc(C=Cc2ccc([N+](=O)[O-])c(CO)c2)cc1CO. The van der Waals surface area contributed by atoms with E-state index >= 15 is 0 Å². The predicted octanol–water partition coefficient (Wildman–Crippen LogP) is 2.82. The maximum absolute atomic E-state index is 10.9. The summed E-state index contributed by atoms with van der Waals surface area (Å²) in [6, 6.07) is 10.4. The number of aliphatic hydroxyl groups excluding tert-OH is 2. The molecule has 0 amide bonds. The van der Waals surface area contributed by atoms with Crippen LogP contribution in [0.25, 0.3) is 12.2 Å². The maximum atomic E-state index is 10.9. The fourth-order valence-corrected chi connectivity index (χ4v) is 2.48. The van der Waals surface area contributed by atoms with Gasteiger partial charge >= 0.3 is 0 Å². The van der Waals surface area contributed by atoms with E-state index < -0.39 is 4.92 Å². The highest BCUT2D eigenvalue weighted by molar-refractivity contribution is 5.72. The summed E-state index contributed by atoms with van der Waals surface area (Å²) in [5.74, 6) is 0. The largest absolute Gasteiger partial charge is 0.392 e. The molecule has 0 aliphatic rings. The van der Waals surface area contributed by atoms with Crippen molar-refractivity contribution in [3.63, 3.8) is 0 Å². The van der Waals surface area contributed by atoms with Crippen molar-refractivity contribution < 1.29 is 15.1 Å². The fourth-order valence-electron chi connectivity index (χ4n) is 2.48. The smallest absolute Gasteiger partial charge is 0.274 e. The van der Waals surface area contributed by atoms with Gasteiger partial charge in [-0.2, -0.15) is 0 Å². The van der Waals surface area contributed by atoms with E-state index in [1.807, 2.05) is 49.3 Å². The maximum Gasteiger partial charge on any atom is 0.274 e. The van der Waals surface area contributed by atoms with Gasteiger partial charge in [0, 0.05) is 31.4 Å². The van der Waals surface area contributed by atoms with Gasteiger partial charge in [-0.25, -0.2) is 0 Å². The molecule has 2 aromatic carbocycles. The van der Waals surface area contributed by atoms with Crippen molar-refractivity contribution in [1.82, 2.24) is 0 Å². The second-order valence-electron chi connectivity index (χ2n) is 5.58. The molecule has 0 aliphatic heterocycles. The monoisotopic (exact) mass is 328 g/mol. The Bertz CT molecular complexity index is 770. The third-order valence-corrected chi connectivity index (χ3v) is 3.69. The van der Waals surface area contributed by atoms with Crippen molar-refractivity contribution >= 4 is 23.5 Å². The number of hydrogen-bond donors (Lipinski definition) is 2. The molecular formula is C18H20N2O4. The first kappa shape index (κ1) is 17.7. The summed E-state index contributed by atoms with van der Waals surface area (Å²) in [6.07, 6.45) is 3.68. The molecule has 24 heavy (non-hydrogen) atoms. The average molecular weight is 328 g/mol. The summed E-state index contributed by atoms with van der Waals surface area (Å²) in [4.78, 5) is 12.3. The predicted molar refractivity (Wildman–Crippen MR) is 94.6 cm³/mol. The van der Waals surface area contributed by atoms with Crippen molar-refractivity contribution in [2.45, 2.75) is 13.2 Å². The molecule has 0 aliphatic carbocycles. The number of rotatable bonds is 6. The Morgan fingerprint density at radius 3 is 2.04 bits per heavy atom. The van der Waals surface area contributed by atoms with Crippen LogP contribution in [0.1, 0.15) is 22.3 Å². The van der Waals surface area contributed by atoms with Crippen molar-refractivity contribution in [2.24, 2.45) is 0 Å². The Morgan fingerprint density at radius 2 is 1.54 bits per heavy atom. The highest BCUT2D eigenvalue weighted by Crippen LogP contribution is 2.23. The molecule has 6 nitrogen and oxygen atoms in total. The molecule has 2 rings (SSSR count). The van der Waals surface area contributed by atoms with E-state index in [0.29, 0.717) is 0 Å². The van der Waals surface area contributed by atoms with Crippen LogP contribution >= 0.6 is 0 Å². The number of benzene rings is 2. The summed E-state index contributed by atoms with van der Waals surface area (Å²) < 4.78 is 0. The standard InChI is InChI=1S/C18H20N2O4/c1-19(2)17-7-5-13(9-15(17)11-21)3-4-14-6-8-18(20(23)24)16(10-14)12-22/h3-10,21-22H,11-12H2,1-2H3. The highest BCUT2D eigenvalue weighted by atomic mass is 16.6. The molecule has 126 valence electrons. The van der Waals surface area contributed by atoms with Crippen molar-refractivity contribution in [2.75, 3.05) is 19.0 Å². The van der Waals surface area contributed by atoms with Crippen molar-refractivity contribution in [3.05, 3.63) is 68.8 Å². The van der Waals surface area contributed by atoms with E-state index in [2.05, 4.69) is 0 Å². The lowest BCUT2D eigenvalue weighted by Gasteiger charge is -2.16. The van der Waals surface area contributed by atoms with Crippen LogP contribution in [0.15, 0.2) is 36.4 Å². The first-order valence-corrected chi connectivity index (χ1v) is 7.43. The number of nitrogens with zero attached hydrogens (tertiary/aromatic N) is 2. The Hall–Kier alpha value is -2.70. The van der Waals surface area contributed by atoms with Gasteiger partial charge in [-0.15, -0.1) is 0 Å². The van der Waals surface area contributed by atoms with Crippen LogP contribution in [0.2, 0.25) is 0 Å². The summed E-state index contributed by atoms with van der Waals surface area (Å²) in [6.45, 7) is -0.439. The summed E-state index contributed by atoms with van der Waals surface area (Å²) in [5, 5.41) is 29.6. The third-order valence-electron chi connectivity index (χ3n) is 3.69. The second kappa shape index (κ2) is 7.72. The van der Waals surface area contributed by atoms with Crippen LogP contribution in [0, 0.1) is 10.1 Å². The minimum absolute atomic E-state index is 0.0542. The molecule has 0 fully saturated rings. The van der Waals surface area contributed by atoms with Gasteiger partial charge in [0.1, 0.15) is 0 Å². The third kappa shape index (κ3) is 3.98. The van der Waals surface area contributed by atoms with Gasteiger partial charge in [0.25, 0.3) is 5.69 Å². The Labute approximate surface area is 140 Å². The van der Waals surface area contributed by atoms with Gasteiger partial charge in [-0.05, 0) is 35.4 Å². The summed E-state index contributed by atoms with van der Waals surface area (Å²) in [7, 11) is 3.83. The molecule has 0 bridgehead atoms. The minimum Gasteiger partial charge on any atom is -0.392 e. The molecule has 0 saturated carbocycles. The summed E-state index contributed by atoms with van der Waals surface area (Å²) >= 11 is 0. The molecule has 2 aromatic rings. The molecule has 6 heteroatoms. The molecule has 2 N–H and O–H groups in total. The second-order valence-corrected chi connectivity index (χ2v) is 5.58. The topological polar surface area (TPSA) is 86.8 Å². The van der Waals surface area contributed by atoms with E-state index in [4.69, 9.17) is 0 Å². The van der Waals surface area contributed by atoms with Gasteiger partial charge in [0.15, 0.2) is 0 Å². The van der Waals surface area contributed by atoms with Gasteiger partial charge in [0.2, 0.25) is 0 Å². The van der Waals surface area contributed by atoms with Crippen LogP contribution in [-0.2, 0) is 13.2 Å². The molecule has 0 heterocycles. The Morgan fingerprint density at radius 1 is 1.00 bits per heavy atom. The Kier molecular flexibility index (Phi) is 5.68. The number of nitro groups is 1. The first-order valence-electron chi connectivity index (χ1n) is 7.43. The molecular weight excluding hydrogens is 308 g/mol. The fraction of sp³-hybridized carbons (Fsp3) is 0.222. The lowest BCUT2D eigenvalue weighted by atomic mass is 10.1. The zero-order valence-corrected chi connectivity index (χ0v) is 13.6. The first-order chi connectivity index (χ1) is 11.5. The molecule has 0 spiro atoms. The van der Waals surface area contributed by atoms with Gasteiger partial charge in [-0.1, -0.05) is 18.2 Å². The van der Waals surface area contributed by atoms with Crippen LogP contribution in [0.4, 0.5) is 11.4 Å². The molecule has 0 aromatic heterocycles. The average Bonchev–Trinajstić information content (AvgIpc) is 2.58. The minimum atomic E-state index is -0.507. The zero-order chi connectivity index (χ0) is 17.7. The molecule has 0 unspecified atom stereocenters. The molecule has 0 radical (unpaired) electrons. The van der Waals surface area contributed by atoms with Crippen LogP contribution in [-0.4, -0.2) is 29.2 Å². The zero-order valence-electron chi connectivity index (χ0n) is 13.6. The quantitative estimate of drug-likeness (QED) is 0.484. The van der Waals surface area contributed by atoms with Gasteiger partial charge in [0.05, 0.1) is 23.7 Å². The van der Waals surface area contributed by atoms with Crippen molar-refractivity contribution in [1.29, 1.82) is 0 Å². The van der Waals surface area contributed by atoms with E-state index in [-0.39, 0.29) is 24.5 Å². The highest BCUT2D eigenvalue weighted by Gasteiger charge is 2.12. The van der Waals surface area contributed by atoms with Crippen LogP contribution in [0.3, 0.4) is 0 Å². The lowest BCUT2D eigenvalue weighted by molar-refractivity contribution is -0.385. The number of anilines is 1. The van der Waals surface area contributed by atoms with Crippen molar-refractivity contribution in [3.8, 4) is 0 Å². The molecule has 0 saturated heterocycles. The number of nitro benzene ring substituents is 1. The number of aliphatic hydroxyl groups is 2. The van der Waals surface area contributed by atoms with E-state index in [1.165, 1.54) is 6.07 Å². The summed E-state index contributed by atoms with van der Waals surface area (Å²) in [5.41, 5.74) is 3.63. The lowest BCUT2D eigenvalue weighted by Crippen LogP contribution is -2.11. The van der Waals surface area contributed by atoms with Crippen LogP contribution < -0.4 is 4.90 Å². The van der Waals surface area contributed by atoms with E-state index in [9.17, 15) is 20.3 Å². The van der Waals surface area contributed by atoms with E-state index in [1.54, 1.807) is 12.1 Å². The van der Waals surface area contributed by atoms with E-state index in [0.717, 1.165) is 22.4 Å². The van der Waals surface area contributed by atoms with Gasteiger partial charge in [-0.3, -0.25) is 10.1 Å². The van der Waals surface area contributed by atoms with Crippen LogP contribution in [0.5, 0.6) is 0 Å².